The second kappa shape index (κ2) is 8.33. The zero-order chi connectivity index (χ0) is 19.2. The minimum Gasteiger partial charge on any atom is -0.506 e. The van der Waals surface area contributed by atoms with Crippen molar-refractivity contribution in [2.75, 3.05) is 0 Å². The molecule has 0 unspecified atom stereocenters. The van der Waals surface area contributed by atoms with Gasteiger partial charge in [0.2, 0.25) is 0 Å². The standard InChI is InChI=1S/C17H15NO.C2HF3O2/c19-16-11-10-14(15-7-4-12-18-17(15)16)9-8-13-5-2-1-3-6-13;3-2(4,5)1(6)7/h1-7,10-12,19H,8-9H2;(H,6,7). The number of halogens is 3. The normalized spacial score (nSPS) is 10.9. The molecule has 0 bridgehead atoms. The number of nitrogens with zero attached hydrogens (tertiary/aromatic N) is 1. The van der Waals surface area contributed by atoms with Crippen LogP contribution in [0.5, 0.6) is 5.75 Å². The molecule has 0 radical (unpaired) electrons. The van der Waals surface area contributed by atoms with Crippen molar-refractivity contribution in [1.82, 2.24) is 4.98 Å². The molecule has 0 atom stereocenters. The van der Waals surface area contributed by atoms with Crippen molar-refractivity contribution in [3.63, 3.8) is 0 Å². The second-order valence-corrected chi connectivity index (χ2v) is 5.43. The molecular weight excluding hydrogens is 347 g/mol. The fraction of sp³-hybridized carbons (Fsp3) is 0.158. The lowest BCUT2D eigenvalue weighted by Gasteiger charge is -2.07. The molecule has 0 fully saturated rings. The molecular formula is C19H16F3NO3. The zero-order valence-electron chi connectivity index (χ0n) is 13.6. The average Bonchev–Trinajstić information content (AvgIpc) is 2.62. The first-order chi connectivity index (χ1) is 12.3. The Bertz CT molecular complexity index is 880. The Morgan fingerprint density at radius 2 is 1.62 bits per heavy atom. The fourth-order valence-electron chi connectivity index (χ4n) is 2.36. The molecule has 26 heavy (non-hydrogen) atoms. The van der Waals surface area contributed by atoms with Crippen LogP contribution in [0.2, 0.25) is 0 Å². The Hall–Kier alpha value is -3.09. The number of hydrogen-bond donors (Lipinski definition) is 2. The van der Waals surface area contributed by atoms with Crippen molar-refractivity contribution in [2.24, 2.45) is 0 Å². The molecule has 1 aromatic heterocycles. The lowest BCUT2D eigenvalue weighted by atomic mass is 10.0. The fourth-order valence-corrected chi connectivity index (χ4v) is 2.36. The van der Waals surface area contributed by atoms with Crippen molar-refractivity contribution in [1.29, 1.82) is 0 Å². The number of aromatic nitrogens is 1. The summed E-state index contributed by atoms with van der Waals surface area (Å²) in [6, 6.07) is 18.1. The number of fused-ring (bicyclic) bond motifs is 1. The van der Waals surface area contributed by atoms with Gasteiger partial charge in [0.15, 0.2) is 0 Å². The van der Waals surface area contributed by atoms with Crippen LogP contribution in [0.4, 0.5) is 13.2 Å². The summed E-state index contributed by atoms with van der Waals surface area (Å²) >= 11 is 0. The van der Waals surface area contributed by atoms with E-state index in [1.54, 1.807) is 12.3 Å². The third kappa shape index (κ3) is 5.20. The highest BCUT2D eigenvalue weighted by Crippen LogP contribution is 2.26. The number of carboxylic acids is 1. The van der Waals surface area contributed by atoms with Gasteiger partial charge in [0.1, 0.15) is 11.3 Å². The number of hydrogen-bond acceptors (Lipinski definition) is 3. The topological polar surface area (TPSA) is 70.4 Å². The van der Waals surface area contributed by atoms with Crippen molar-refractivity contribution in [2.45, 2.75) is 19.0 Å². The molecule has 3 rings (SSSR count). The number of rotatable bonds is 3. The molecule has 0 spiro atoms. The van der Waals surface area contributed by atoms with E-state index in [2.05, 4.69) is 29.2 Å². The van der Waals surface area contributed by atoms with E-state index in [0.29, 0.717) is 5.52 Å². The summed E-state index contributed by atoms with van der Waals surface area (Å²) in [5.74, 6) is -2.51. The number of carboxylic acid groups (broad SMARTS) is 1. The molecule has 0 amide bonds. The van der Waals surface area contributed by atoms with Crippen LogP contribution in [0.25, 0.3) is 10.9 Å². The number of aromatic hydroxyl groups is 1. The van der Waals surface area contributed by atoms with E-state index in [9.17, 15) is 18.3 Å². The van der Waals surface area contributed by atoms with Crippen LogP contribution in [0.3, 0.4) is 0 Å². The molecule has 0 saturated carbocycles. The van der Waals surface area contributed by atoms with Gasteiger partial charge in [-0.25, -0.2) is 4.79 Å². The maximum Gasteiger partial charge on any atom is 0.490 e. The molecule has 0 aliphatic heterocycles. The maximum atomic E-state index is 10.6. The van der Waals surface area contributed by atoms with Crippen molar-refractivity contribution in [3.05, 3.63) is 71.9 Å². The van der Waals surface area contributed by atoms with Gasteiger partial charge in [0, 0.05) is 11.6 Å². The number of pyridine rings is 1. The van der Waals surface area contributed by atoms with Gasteiger partial charge in [-0.05, 0) is 36.1 Å². The highest BCUT2D eigenvalue weighted by atomic mass is 19.4. The van der Waals surface area contributed by atoms with Gasteiger partial charge in [0.25, 0.3) is 0 Å². The molecule has 0 aliphatic rings. The summed E-state index contributed by atoms with van der Waals surface area (Å²) in [5, 5.41) is 18.0. The highest BCUT2D eigenvalue weighted by Gasteiger charge is 2.38. The molecule has 0 aliphatic carbocycles. The summed E-state index contributed by atoms with van der Waals surface area (Å²) in [6.07, 6.45) is -1.43. The Labute approximate surface area is 147 Å². The van der Waals surface area contributed by atoms with Crippen molar-refractivity contribution in [3.8, 4) is 5.75 Å². The van der Waals surface area contributed by atoms with Crippen LogP contribution in [0.1, 0.15) is 11.1 Å². The van der Waals surface area contributed by atoms with Crippen LogP contribution in [-0.2, 0) is 17.6 Å². The minimum atomic E-state index is -5.08. The molecule has 2 aromatic carbocycles. The van der Waals surface area contributed by atoms with Crippen molar-refractivity contribution < 1.29 is 28.2 Å². The summed E-state index contributed by atoms with van der Waals surface area (Å²) in [5.41, 5.74) is 3.24. The largest absolute Gasteiger partial charge is 0.506 e. The van der Waals surface area contributed by atoms with Crippen LogP contribution < -0.4 is 0 Å². The highest BCUT2D eigenvalue weighted by molar-refractivity contribution is 5.87. The molecule has 0 saturated heterocycles. The van der Waals surface area contributed by atoms with Gasteiger partial charge in [-0.2, -0.15) is 13.2 Å². The van der Waals surface area contributed by atoms with Gasteiger partial charge in [-0.15, -0.1) is 0 Å². The first-order valence-corrected chi connectivity index (χ1v) is 7.68. The number of alkyl halides is 3. The first kappa shape index (κ1) is 19.2. The predicted molar refractivity (Wildman–Crippen MR) is 90.9 cm³/mol. The van der Waals surface area contributed by atoms with E-state index in [0.717, 1.165) is 18.2 Å². The van der Waals surface area contributed by atoms with E-state index >= 15 is 0 Å². The third-order valence-corrected chi connectivity index (χ3v) is 3.61. The summed E-state index contributed by atoms with van der Waals surface area (Å²) in [6.45, 7) is 0. The van der Waals surface area contributed by atoms with Gasteiger partial charge in [0.05, 0.1) is 0 Å². The number of phenolic OH excluding ortho intramolecular Hbond substituents is 1. The first-order valence-electron chi connectivity index (χ1n) is 7.68. The number of aliphatic carboxylic acids is 1. The lowest BCUT2D eigenvalue weighted by molar-refractivity contribution is -0.192. The number of aryl methyl sites for hydroxylation is 2. The Kier molecular flexibility index (Phi) is 6.16. The van der Waals surface area contributed by atoms with E-state index < -0.39 is 12.1 Å². The van der Waals surface area contributed by atoms with E-state index in [1.807, 2.05) is 24.3 Å². The van der Waals surface area contributed by atoms with Gasteiger partial charge in [-0.3, -0.25) is 4.98 Å². The Balaban J connectivity index is 0.000000298. The summed E-state index contributed by atoms with van der Waals surface area (Å²) < 4.78 is 31.7. The number of phenols is 1. The number of benzene rings is 2. The van der Waals surface area contributed by atoms with Crippen LogP contribution in [-0.4, -0.2) is 27.3 Å². The zero-order valence-corrected chi connectivity index (χ0v) is 13.6. The van der Waals surface area contributed by atoms with E-state index in [-0.39, 0.29) is 5.75 Å². The van der Waals surface area contributed by atoms with Gasteiger partial charge in [-0.1, -0.05) is 42.5 Å². The Morgan fingerprint density at radius 3 is 2.23 bits per heavy atom. The molecule has 4 nitrogen and oxygen atoms in total. The summed E-state index contributed by atoms with van der Waals surface area (Å²) in [4.78, 5) is 13.1. The van der Waals surface area contributed by atoms with Crippen LogP contribution >= 0.6 is 0 Å². The monoisotopic (exact) mass is 363 g/mol. The second-order valence-electron chi connectivity index (χ2n) is 5.43. The maximum absolute atomic E-state index is 10.6. The van der Waals surface area contributed by atoms with Gasteiger partial charge < -0.3 is 10.2 Å². The van der Waals surface area contributed by atoms with Crippen molar-refractivity contribution >= 4 is 16.9 Å². The van der Waals surface area contributed by atoms with E-state index in [1.165, 1.54) is 11.1 Å². The predicted octanol–water partition coefficient (Wildman–Crippen LogP) is 4.36. The summed E-state index contributed by atoms with van der Waals surface area (Å²) in [7, 11) is 0. The van der Waals surface area contributed by atoms with Crippen LogP contribution in [0.15, 0.2) is 60.8 Å². The number of carbonyl (C=O) groups is 1. The van der Waals surface area contributed by atoms with Crippen LogP contribution in [0, 0.1) is 0 Å². The molecule has 136 valence electrons. The SMILES string of the molecule is O=C(O)C(F)(F)F.Oc1ccc(CCc2ccccc2)c2cccnc12. The molecule has 3 aromatic rings. The smallest absolute Gasteiger partial charge is 0.490 e. The van der Waals surface area contributed by atoms with Gasteiger partial charge >= 0.3 is 12.1 Å². The third-order valence-electron chi connectivity index (χ3n) is 3.61. The average molecular weight is 363 g/mol. The molecule has 2 N–H and O–H groups in total. The lowest BCUT2D eigenvalue weighted by Crippen LogP contribution is -2.21. The quantitative estimate of drug-likeness (QED) is 0.725. The minimum absolute atomic E-state index is 0.249. The Morgan fingerprint density at radius 1 is 0.962 bits per heavy atom. The molecule has 1 heterocycles. The van der Waals surface area contributed by atoms with E-state index in [4.69, 9.17) is 9.90 Å². The molecule has 7 heteroatoms.